The highest BCUT2D eigenvalue weighted by Crippen LogP contribution is 2.41. The predicted molar refractivity (Wildman–Crippen MR) is 135 cm³/mol. The summed E-state index contributed by atoms with van der Waals surface area (Å²) in [4.78, 5) is 30.5. The number of fused-ring (bicyclic) bond motifs is 1. The van der Waals surface area contributed by atoms with E-state index in [1.54, 1.807) is 0 Å². The number of hydrogen-bond acceptors (Lipinski definition) is 4. The van der Waals surface area contributed by atoms with Gasteiger partial charge in [0.05, 0.1) is 22.2 Å². The first-order valence-corrected chi connectivity index (χ1v) is 12.2. The van der Waals surface area contributed by atoms with Crippen molar-refractivity contribution >= 4 is 28.5 Å². The molecule has 4 rings (SSSR count). The SMILES string of the molecule is CCC(C)C(=O)Nc1cccc(CNC(=O)c2cc(C3CC3)nc3c2c(C)nn3C(C)(C)C)c1. The van der Waals surface area contributed by atoms with Gasteiger partial charge in [0.15, 0.2) is 5.65 Å². The highest BCUT2D eigenvalue weighted by molar-refractivity contribution is 6.06. The number of nitrogens with one attached hydrogen (secondary N) is 2. The zero-order chi connectivity index (χ0) is 24.6. The third-order valence-electron chi connectivity index (χ3n) is 6.42. The van der Waals surface area contributed by atoms with E-state index in [1.165, 1.54) is 0 Å². The van der Waals surface area contributed by atoms with Crippen LogP contribution in [0.5, 0.6) is 0 Å². The Morgan fingerprint density at radius 2 is 1.94 bits per heavy atom. The zero-order valence-electron chi connectivity index (χ0n) is 21.0. The summed E-state index contributed by atoms with van der Waals surface area (Å²) >= 11 is 0. The van der Waals surface area contributed by atoms with Gasteiger partial charge >= 0.3 is 0 Å². The molecule has 1 unspecified atom stereocenters. The number of aryl methyl sites for hydroxylation is 1. The Balaban J connectivity index is 1.59. The summed E-state index contributed by atoms with van der Waals surface area (Å²) in [6.07, 6.45) is 3.00. The summed E-state index contributed by atoms with van der Waals surface area (Å²) in [6.45, 7) is 12.5. The molecule has 1 aromatic carbocycles. The van der Waals surface area contributed by atoms with Crippen molar-refractivity contribution in [2.75, 3.05) is 5.32 Å². The lowest BCUT2D eigenvalue weighted by Crippen LogP contribution is -2.25. The first-order valence-electron chi connectivity index (χ1n) is 12.2. The Kier molecular flexibility index (Phi) is 6.47. The van der Waals surface area contributed by atoms with E-state index in [-0.39, 0.29) is 23.3 Å². The smallest absolute Gasteiger partial charge is 0.252 e. The van der Waals surface area contributed by atoms with Gasteiger partial charge in [0.1, 0.15) is 0 Å². The molecular weight excluding hydrogens is 426 g/mol. The lowest BCUT2D eigenvalue weighted by atomic mass is 10.1. The van der Waals surface area contributed by atoms with Crippen LogP contribution in [0.4, 0.5) is 5.69 Å². The van der Waals surface area contributed by atoms with Crippen LogP contribution < -0.4 is 10.6 Å². The number of carbonyl (C=O) groups excluding carboxylic acids is 2. The third kappa shape index (κ3) is 4.98. The molecule has 0 spiro atoms. The summed E-state index contributed by atoms with van der Waals surface area (Å²) in [7, 11) is 0. The fourth-order valence-corrected chi connectivity index (χ4v) is 4.03. The number of benzene rings is 1. The van der Waals surface area contributed by atoms with Crippen molar-refractivity contribution in [3.05, 3.63) is 52.8 Å². The van der Waals surface area contributed by atoms with Crippen LogP contribution in [0.25, 0.3) is 11.0 Å². The highest BCUT2D eigenvalue weighted by Gasteiger charge is 2.30. The van der Waals surface area contributed by atoms with E-state index in [0.717, 1.165) is 52.9 Å². The van der Waals surface area contributed by atoms with Gasteiger partial charge in [-0.1, -0.05) is 26.0 Å². The quantitative estimate of drug-likeness (QED) is 0.501. The van der Waals surface area contributed by atoms with Crippen molar-refractivity contribution in [1.29, 1.82) is 0 Å². The molecule has 1 aliphatic carbocycles. The van der Waals surface area contributed by atoms with E-state index >= 15 is 0 Å². The van der Waals surface area contributed by atoms with Crippen LogP contribution in [0, 0.1) is 12.8 Å². The normalized spacial score (nSPS) is 14.8. The fraction of sp³-hybridized carbons (Fsp3) is 0.481. The molecular formula is C27H35N5O2. The maximum atomic E-state index is 13.4. The van der Waals surface area contributed by atoms with Crippen LogP contribution in [-0.4, -0.2) is 26.6 Å². The molecule has 2 N–H and O–H groups in total. The maximum absolute atomic E-state index is 13.4. The third-order valence-corrected chi connectivity index (χ3v) is 6.42. The monoisotopic (exact) mass is 461 g/mol. The van der Waals surface area contributed by atoms with Crippen LogP contribution >= 0.6 is 0 Å². The number of nitrogens with zero attached hydrogens (tertiary/aromatic N) is 3. The predicted octanol–water partition coefficient (Wildman–Crippen LogP) is 5.29. The van der Waals surface area contributed by atoms with Crippen molar-refractivity contribution in [1.82, 2.24) is 20.1 Å². The van der Waals surface area contributed by atoms with E-state index < -0.39 is 0 Å². The van der Waals surface area contributed by atoms with E-state index in [0.29, 0.717) is 18.0 Å². The number of hydrogen-bond donors (Lipinski definition) is 2. The molecule has 2 amide bonds. The number of rotatable bonds is 7. The van der Waals surface area contributed by atoms with Crippen LogP contribution in [0.2, 0.25) is 0 Å². The molecule has 34 heavy (non-hydrogen) atoms. The Morgan fingerprint density at radius 3 is 2.59 bits per heavy atom. The van der Waals surface area contributed by atoms with E-state index in [4.69, 9.17) is 10.1 Å². The highest BCUT2D eigenvalue weighted by atomic mass is 16.2. The molecule has 2 aromatic heterocycles. The van der Waals surface area contributed by atoms with Crippen LogP contribution in [0.15, 0.2) is 30.3 Å². The van der Waals surface area contributed by atoms with Crippen molar-refractivity contribution in [2.24, 2.45) is 5.92 Å². The topological polar surface area (TPSA) is 88.9 Å². The average Bonchev–Trinajstić information content (AvgIpc) is 3.59. The molecule has 1 atom stereocenters. The van der Waals surface area contributed by atoms with Crippen molar-refractivity contribution in [3.8, 4) is 0 Å². The Hall–Kier alpha value is -3.22. The summed E-state index contributed by atoms with van der Waals surface area (Å²) in [6, 6.07) is 9.55. The Morgan fingerprint density at radius 1 is 1.21 bits per heavy atom. The zero-order valence-corrected chi connectivity index (χ0v) is 21.0. The molecule has 0 saturated heterocycles. The van der Waals surface area contributed by atoms with Gasteiger partial charge in [0, 0.05) is 29.8 Å². The molecule has 2 heterocycles. The van der Waals surface area contributed by atoms with Crippen LogP contribution in [0.3, 0.4) is 0 Å². The number of carbonyl (C=O) groups is 2. The summed E-state index contributed by atoms with van der Waals surface area (Å²) in [5.41, 5.74) is 4.59. The molecule has 1 fully saturated rings. The van der Waals surface area contributed by atoms with E-state index in [1.807, 2.05) is 55.8 Å². The van der Waals surface area contributed by atoms with Gasteiger partial charge < -0.3 is 10.6 Å². The summed E-state index contributed by atoms with van der Waals surface area (Å²) < 4.78 is 1.93. The molecule has 0 bridgehead atoms. The molecule has 7 heteroatoms. The summed E-state index contributed by atoms with van der Waals surface area (Å²) in [5.74, 6) is 0.238. The van der Waals surface area contributed by atoms with E-state index in [2.05, 4.69) is 31.4 Å². The molecule has 180 valence electrons. The average molecular weight is 462 g/mol. The van der Waals surface area contributed by atoms with E-state index in [9.17, 15) is 9.59 Å². The first kappa shape index (κ1) is 23.9. The van der Waals surface area contributed by atoms with Crippen molar-refractivity contribution in [2.45, 2.75) is 78.8 Å². The number of anilines is 1. The van der Waals surface area contributed by atoms with Gasteiger partial charge in [-0.25, -0.2) is 9.67 Å². The lowest BCUT2D eigenvalue weighted by Gasteiger charge is -2.20. The van der Waals surface area contributed by atoms with Crippen LogP contribution in [-0.2, 0) is 16.9 Å². The second kappa shape index (κ2) is 9.20. The van der Waals surface area contributed by atoms with Gasteiger partial charge in [0.25, 0.3) is 5.91 Å². The van der Waals surface area contributed by atoms with Gasteiger partial charge in [-0.2, -0.15) is 5.10 Å². The second-order valence-corrected chi connectivity index (χ2v) is 10.4. The number of pyridine rings is 1. The molecule has 3 aromatic rings. The fourth-order valence-electron chi connectivity index (χ4n) is 4.03. The first-order chi connectivity index (χ1) is 16.1. The Bertz CT molecular complexity index is 1230. The van der Waals surface area contributed by atoms with Crippen LogP contribution in [0.1, 0.15) is 87.1 Å². The minimum atomic E-state index is -0.240. The van der Waals surface area contributed by atoms with Gasteiger partial charge in [-0.05, 0) is 70.7 Å². The minimum Gasteiger partial charge on any atom is -0.348 e. The molecule has 1 saturated carbocycles. The Labute approximate surface area is 201 Å². The van der Waals surface area contributed by atoms with Gasteiger partial charge in [-0.15, -0.1) is 0 Å². The lowest BCUT2D eigenvalue weighted by molar-refractivity contribution is -0.119. The molecule has 1 aliphatic rings. The largest absolute Gasteiger partial charge is 0.348 e. The maximum Gasteiger partial charge on any atom is 0.252 e. The minimum absolute atomic E-state index is 0.00167. The molecule has 7 nitrogen and oxygen atoms in total. The van der Waals surface area contributed by atoms with Gasteiger partial charge in [0.2, 0.25) is 5.91 Å². The number of aromatic nitrogens is 3. The number of amides is 2. The van der Waals surface area contributed by atoms with Crippen molar-refractivity contribution in [3.63, 3.8) is 0 Å². The molecule has 0 radical (unpaired) electrons. The van der Waals surface area contributed by atoms with Gasteiger partial charge in [-0.3, -0.25) is 9.59 Å². The van der Waals surface area contributed by atoms with Crippen molar-refractivity contribution < 1.29 is 9.59 Å². The molecule has 0 aliphatic heterocycles. The summed E-state index contributed by atoms with van der Waals surface area (Å²) in [5, 5.41) is 11.6. The second-order valence-electron chi connectivity index (χ2n) is 10.4. The standard InChI is InChI=1S/C27H35N5O2/c1-7-16(2)25(33)29-20-10-8-9-18(13-20)15-28-26(34)21-14-22(19-11-12-19)30-24-23(21)17(3)31-32(24)27(4,5)6/h8-10,13-14,16,19H,7,11-12,15H2,1-6H3,(H,28,34)(H,29,33).